The Labute approximate surface area is 304 Å². The van der Waals surface area contributed by atoms with E-state index in [1.165, 1.54) is 27.8 Å². The molecule has 21 heteroatoms. The lowest BCUT2D eigenvalue weighted by molar-refractivity contribution is -0.138. The lowest BCUT2D eigenvalue weighted by atomic mass is 10.1. The molecular formula is C33H32F6N12O2S. The monoisotopic (exact) mass is 774 g/mol. The molecule has 14 nitrogen and oxygen atoms in total. The fraction of sp³-hybridized carbons (Fsp3) is 0.212. The van der Waals surface area contributed by atoms with E-state index in [2.05, 4.69) is 46.2 Å². The summed E-state index contributed by atoms with van der Waals surface area (Å²) in [4.78, 5) is 2.60. The Hall–Kier alpha value is -5.93. The van der Waals surface area contributed by atoms with Crippen molar-refractivity contribution in [2.75, 3.05) is 30.0 Å². The standard InChI is InChI=1S/C17H17F3N6O2S.C16H15F3N6/c1-29(27,28)21-9-10-26-24-16(23-25-26)14-7-2-3-8-15(14)22-13-6-4-5-12(11-13)17(18,19)20;17-16(18,19)11-4-3-5-12(10-11)21-14-7-2-1-6-13(14)15-22-24-25(23-15)9-8-20/h2-8,11,21-22H,9-10H2,1H3;1-7,10,21H,8-9,20H2. The molecule has 0 radical (unpaired) electrons. The quantitative estimate of drug-likeness (QED) is 0.112. The summed E-state index contributed by atoms with van der Waals surface area (Å²) in [6.07, 6.45) is -7.80. The summed E-state index contributed by atoms with van der Waals surface area (Å²) in [5.74, 6) is 0.614. The van der Waals surface area contributed by atoms with Gasteiger partial charge in [-0.05, 0) is 71.1 Å². The Morgan fingerprint density at radius 2 is 1.09 bits per heavy atom. The summed E-state index contributed by atoms with van der Waals surface area (Å²) >= 11 is 0. The van der Waals surface area contributed by atoms with E-state index < -0.39 is 33.5 Å². The van der Waals surface area contributed by atoms with Crippen LogP contribution in [0.15, 0.2) is 97.1 Å². The van der Waals surface area contributed by atoms with Gasteiger partial charge in [0.05, 0.1) is 30.5 Å². The van der Waals surface area contributed by atoms with E-state index in [4.69, 9.17) is 5.73 Å². The second-order valence-corrected chi connectivity index (χ2v) is 13.2. The minimum absolute atomic E-state index is 0.0960. The van der Waals surface area contributed by atoms with Crippen LogP contribution in [0.2, 0.25) is 0 Å². The second kappa shape index (κ2) is 16.8. The highest BCUT2D eigenvalue weighted by molar-refractivity contribution is 7.88. The van der Waals surface area contributed by atoms with Crippen molar-refractivity contribution in [3.63, 3.8) is 0 Å². The number of anilines is 4. The number of hydrogen-bond donors (Lipinski definition) is 4. The molecule has 2 heterocycles. The third kappa shape index (κ3) is 11.0. The summed E-state index contributed by atoms with van der Waals surface area (Å²) in [6.45, 7) is 1.07. The van der Waals surface area contributed by atoms with Gasteiger partial charge in [-0.3, -0.25) is 0 Å². The summed E-state index contributed by atoms with van der Waals surface area (Å²) in [7, 11) is -3.32. The van der Waals surface area contributed by atoms with Gasteiger partial charge < -0.3 is 16.4 Å². The maximum Gasteiger partial charge on any atom is 0.416 e. The van der Waals surface area contributed by atoms with Crippen molar-refractivity contribution in [2.45, 2.75) is 25.4 Å². The zero-order chi connectivity index (χ0) is 38.9. The Bertz CT molecular complexity index is 2280. The number of tetrazole rings is 2. The van der Waals surface area contributed by atoms with Gasteiger partial charge in [0.2, 0.25) is 21.7 Å². The van der Waals surface area contributed by atoms with Crippen LogP contribution in [-0.4, -0.2) is 68.2 Å². The number of rotatable bonds is 12. The van der Waals surface area contributed by atoms with Gasteiger partial charge in [-0.15, -0.1) is 20.4 Å². The van der Waals surface area contributed by atoms with Crippen LogP contribution in [0.5, 0.6) is 0 Å². The minimum atomic E-state index is -4.44. The number of nitrogens with zero attached hydrogens (tertiary/aromatic N) is 8. The van der Waals surface area contributed by atoms with E-state index in [0.29, 0.717) is 47.1 Å². The van der Waals surface area contributed by atoms with Crippen LogP contribution < -0.4 is 21.1 Å². The van der Waals surface area contributed by atoms with Crippen molar-refractivity contribution >= 4 is 32.8 Å². The maximum atomic E-state index is 12.9. The first-order valence-electron chi connectivity index (χ1n) is 15.9. The highest BCUT2D eigenvalue weighted by atomic mass is 32.2. The van der Waals surface area contributed by atoms with Gasteiger partial charge in [-0.2, -0.15) is 35.9 Å². The number of nitrogens with one attached hydrogen (secondary N) is 3. The Kier molecular flexibility index (Phi) is 12.2. The number of para-hydroxylation sites is 2. The van der Waals surface area contributed by atoms with E-state index >= 15 is 0 Å². The minimum Gasteiger partial charge on any atom is -0.355 e. The zero-order valence-electron chi connectivity index (χ0n) is 28.2. The van der Waals surface area contributed by atoms with Crippen LogP contribution in [0.4, 0.5) is 49.1 Å². The molecule has 6 rings (SSSR count). The molecule has 284 valence electrons. The van der Waals surface area contributed by atoms with Gasteiger partial charge in [-0.1, -0.05) is 36.4 Å². The van der Waals surface area contributed by atoms with Crippen molar-refractivity contribution in [3.05, 3.63) is 108 Å². The van der Waals surface area contributed by atoms with Crippen LogP contribution in [0.3, 0.4) is 0 Å². The summed E-state index contributed by atoms with van der Waals surface area (Å²) in [5.41, 5.74) is 6.79. The Morgan fingerprint density at radius 3 is 1.52 bits per heavy atom. The number of benzene rings is 4. The molecule has 0 bridgehead atoms. The van der Waals surface area contributed by atoms with E-state index in [1.807, 2.05) is 0 Å². The molecule has 4 aromatic carbocycles. The van der Waals surface area contributed by atoms with Crippen molar-refractivity contribution in [2.24, 2.45) is 5.73 Å². The second-order valence-electron chi connectivity index (χ2n) is 11.4. The number of halogens is 6. The predicted molar refractivity (Wildman–Crippen MR) is 188 cm³/mol. The van der Waals surface area contributed by atoms with Gasteiger partial charge in [0.15, 0.2) is 0 Å². The number of alkyl halides is 6. The van der Waals surface area contributed by atoms with Gasteiger partial charge in [0.25, 0.3) is 0 Å². The molecule has 0 saturated heterocycles. The van der Waals surface area contributed by atoms with Gasteiger partial charge >= 0.3 is 12.4 Å². The van der Waals surface area contributed by atoms with Gasteiger partial charge in [0.1, 0.15) is 0 Å². The molecule has 6 aromatic rings. The number of sulfonamides is 1. The summed E-state index contributed by atoms with van der Waals surface area (Å²) < 4.78 is 102. The molecule has 0 aliphatic carbocycles. The average molecular weight is 775 g/mol. The van der Waals surface area contributed by atoms with Crippen molar-refractivity contribution in [3.8, 4) is 22.8 Å². The molecule has 54 heavy (non-hydrogen) atoms. The van der Waals surface area contributed by atoms with Crippen LogP contribution >= 0.6 is 0 Å². The molecule has 0 saturated carbocycles. The summed E-state index contributed by atoms with van der Waals surface area (Å²) in [6, 6.07) is 23.7. The van der Waals surface area contributed by atoms with Crippen molar-refractivity contribution in [1.29, 1.82) is 0 Å². The molecule has 0 atom stereocenters. The van der Waals surface area contributed by atoms with E-state index in [0.717, 1.165) is 30.5 Å². The number of hydrogen-bond acceptors (Lipinski definition) is 11. The highest BCUT2D eigenvalue weighted by Crippen LogP contribution is 2.34. The zero-order valence-corrected chi connectivity index (χ0v) is 29.0. The SMILES string of the molecule is CS(=O)(=O)NCCn1nnc(-c2ccccc2Nc2cccc(C(F)(F)F)c2)n1.NCCn1nnc(-c2ccccc2Nc2cccc(C(F)(F)F)c2)n1. The third-order valence-corrected chi connectivity index (χ3v) is 7.91. The van der Waals surface area contributed by atoms with Crippen LogP contribution in [0.1, 0.15) is 11.1 Å². The smallest absolute Gasteiger partial charge is 0.355 e. The van der Waals surface area contributed by atoms with Crippen molar-refractivity contribution in [1.82, 2.24) is 45.1 Å². The topological polar surface area (TPSA) is 183 Å². The molecule has 0 amide bonds. The third-order valence-electron chi connectivity index (χ3n) is 7.18. The van der Waals surface area contributed by atoms with Crippen LogP contribution in [-0.2, 0) is 35.5 Å². The van der Waals surface area contributed by atoms with Crippen LogP contribution in [0.25, 0.3) is 22.8 Å². The molecule has 0 aliphatic heterocycles. The summed E-state index contributed by atoms with van der Waals surface area (Å²) in [5, 5.41) is 30.0. The molecule has 0 unspecified atom stereocenters. The van der Waals surface area contributed by atoms with Gasteiger partial charge in [-0.25, -0.2) is 13.1 Å². The maximum absolute atomic E-state index is 12.9. The van der Waals surface area contributed by atoms with E-state index in [-0.39, 0.29) is 24.6 Å². The number of aromatic nitrogens is 8. The van der Waals surface area contributed by atoms with Crippen molar-refractivity contribution < 1.29 is 34.8 Å². The normalized spacial score (nSPS) is 11.9. The molecule has 5 N–H and O–H groups in total. The molecular weight excluding hydrogens is 742 g/mol. The first-order valence-corrected chi connectivity index (χ1v) is 17.8. The fourth-order valence-corrected chi connectivity index (χ4v) is 5.23. The Balaban J connectivity index is 0.000000210. The number of nitrogens with two attached hydrogens (primary N) is 1. The van der Waals surface area contributed by atoms with Crippen LogP contribution in [0, 0.1) is 0 Å². The Morgan fingerprint density at radius 1 is 0.648 bits per heavy atom. The van der Waals surface area contributed by atoms with E-state index in [9.17, 15) is 34.8 Å². The van der Waals surface area contributed by atoms with E-state index in [1.54, 1.807) is 54.6 Å². The van der Waals surface area contributed by atoms with Gasteiger partial charge in [0, 0.05) is 47.0 Å². The fourth-order valence-electron chi connectivity index (χ4n) is 4.77. The molecule has 0 fully saturated rings. The highest BCUT2D eigenvalue weighted by Gasteiger charge is 2.31. The molecule has 2 aromatic heterocycles. The molecule has 0 aliphatic rings. The average Bonchev–Trinajstić information content (AvgIpc) is 3.78. The largest absolute Gasteiger partial charge is 0.416 e. The lowest BCUT2D eigenvalue weighted by Gasteiger charge is -2.12. The lowest BCUT2D eigenvalue weighted by Crippen LogP contribution is -2.26. The molecule has 0 spiro atoms. The first kappa shape index (κ1) is 39.3. The first-order chi connectivity index (χ1) is 25.6. The predicted octanol–water partition coefficient (Wildman–Crippen LogP) is 5.71.